The predicted molar refractivity (Wildman–Crippen MR) is 89.5 cm³/mol. The highest BCUT2D eigenvalue weighted by molar-refractivity contribution is 7.17. The first-order valence-electron chi connectivity index (χ1n) is 6.58. The lowest BCUT2D eigenvalue weighted by molar-refractivity contribution is 0.103. The third-order valence-electron chi connectivity index (χ3n) is 3.03. The fraction of sp³-hybridized carbons (Fsp3) is 0.0625. The fourth-order valence-electron chi connectivity index (χ4n) is 1.95. The highest BCUT2D eigenvalue weighted by atomic mass is 35.5. The Morgan fingerprint density at radius 1 is 1.14 bits per heavy atom. The van der Waals surface area contributed by atoms with Crippen molar-refractivity contribution in [3.05, 3.63) is 64.4 Å². The van der Waals surface area contributed by atoms with Crippen molar-refractivity contribution >= 4 is 34.5 Å². The van der Waals surface area contributed by atoms with Crippen LogP contribution in [0.4, 0.5) is 5.69 Å². The summed E-state index contributed by atoms with van der Waals surface area (Å²) >= 11 is 7.25. The number of nitrogens with zero attached hydrogens (tertiary/aromatic N) is 2. The number of hydrogen-bond acceptors (Lipinski definition) is 4. The highest BCUT2D eigenvalue weighted by Gasteiger charge is 2.16. The molecule has 1 N–H and O–H groups in total. The molecule has 3 aromatic rings. The zero-order valence-corrected chi connectivity index (χ0v) is 13.3. The molecular formula is C16H12ClN3OS. The third kappa shape index (κ3) is 3.16. The van der Waals surface area contributed by atoms with Gasteiger partial charge >= 0.3 is 0 Å². The molecule has 0 atom stereocenters. The molecule has 3 rings (SSSR count). The maximum Gasteiger partial charge on any atom is 0.267 e. The first-order valence-corrected chi connectivity index (χ1v) is 7.77. The number of carbonyl (C=O) groups is 1. The second kappa shape index (κ2) is 6.25. The largest absolute Gasteiger partial charge is 0.321 e. The number of hydrogen-bond donors (Lipinski definition) is 1. The van der Waals surface area contributed by atoms with Crippen molar-refractivity contribution < 1.29 is 4.79 Å². The number of benzene rings is 1. The second-order valence-corrected chi connectivity index (χ2v) is 6.07. The van der Waals surface area contributed by atoms with Gasteiger partial charge in [0.05, 0.1) is 5.69 Å². The van der Waals surface area contributed by atoms with Gasteiger partial charge in [-0.15, -0.1) is 11.3 Å². The van der Waals surface area contributed by atoms with Crippen LogP contribution in [0.1, 0.15) is 15.4 Å². The molecule has 6 heteroatoms. The van der Waals surface area contributed by atoms with Crippen molar-refractivity contribution in [1.82, 2.24) is 9.97 Å². The van der Waals surface area contributed by atoms with Crippen molar-refractivity contribution in [1.29, 1.82) is 0 Å². The zero-order chi connectivity index (χ0) is 15.5. The minimum absolute atomic E-state index is 0.165. The smallest absolute Gasteiger partial charge is 0.267 e. The van der Waals surface area contributed by atoms with E-state index >= 15 is 0 Å². The van der Waals surface area contributed by atoms with Crippen LogP contribution in [0.2, 0.25) is 5.02 Å². The van der Waals surface area contributed by atoms with Gasteiger partial charge in [0.1, 0.15) is 9.88 Å². The summed E-state index contributed by atoms with van der Waals surface area (Å²) in [7, 11) is 0. The minimum atomic E-state index is -0.165. The number of nitrogens with one attached hydrogen (secondary N) is 1. The molecular weight excluding hydrogens is 318 g/mol. The molecule has 0 spiro atoms. The van der Waals surface area contributed by atoms with Gasteiger partial charge in [0.15, 0.2) is 0 Å². The molecule has 0 unspecified atom stereocenters. The number of rotatable bonds is 3. The van der Waals surface area contributed by atoms with Crippen LogP contribution in [0.25, 0.3) is 10.6 Å². The molecule has 0 saturated heterocycles. The lowest BCUT2D eigenvalue weighted by Gasteiger charge is -2.02. The van der Waals surface area contributed by atoms with E-state index in [9.17, 15) is 4.79 Å². The number of aromatic nitrogens is 2. The van der Waals surface area contributed by atoms with Gasteiger partial charge in [-0.1, -0.05) is 23.7 Å². The number of aryl methyl sites for hydroxylation is 1. The Hall–Kier alpha value is -2.24. The van der Waals surface area contributed by atoms with Gasteiger partial charge in [0.2, 0.25) is 0 Å². The van der Waals surface area contributed by atoms with E-state index in [1.165, 1.54) is 11.3 Å². The summed E-state index contributed by atoms with van der Waals surface area (Å²) in [6.45, 7) is 1.83. The summed E-state index contributed by atoms with van der Waals surface area (Å²) in [6.07, 6.45) is 3.27. The van der Waals surface area contributed by atoms with Gasteiger partial charge in [-0.25, -0.2) is 4.98 Å². The number of thiazole rings is 1. The summed E-state index contributed by atoms with van der Waals surface area (Å²) in [5.41, 5.74) is 2.36. The van der Waals surface area contributed by atoms with Crippen molar-refractivity contribution in [2.24, 2.45) is 0 Å². The van der Waals surface area contributed by atoms with Gasteiger partial charge in [-0.3, -0.25) is 9.78 Å². The molecule has 0 aliphatic rings. The maximum atomic E-state index is 12.4. The van der Waals surface area contributed by atoms with Gasteiger partial charge < -0.3 is 5.32 Å². The van der Waals surface area contributed by atoms with E-state index in [-0.39, 0.29) is 5.91 Å². The standard InChI is InChI=1S/C16H12ClN3OS/c1-10-14(15(21)20-13-6-8-18-9-7-13)22-16(19-10)11-2-4-12(17)5-3-11/h2-9H,1H3,(H,18,20,21). The van der Waals surface area contributed by atoms with Gasteiger partial charge in [-0.2, -0.15) is 0 Å². The highest BCUT2D eigenvalue weighted by Crippen LogP contribution is 2.29. The predicted octanol–water partition coefficient (Wildman–Crippen LogP) is 4.42. The van der Waals surface area contributed by atoms with E-state index in [4.69, 9.17) is 11.6 Å². The number of pyridine rings is 1. The average molecular weight is 330 g/mol. The van der Waals surface area contributed by atoms with Crippen LogP contribution in [-0.4, -0.2) is 15.9 Å². The zero-order valence-electron chi connectivity index (χ0n) is 11.7. The monoisotopic (exact) mass is 329 g/mol. The van der Waals surface area contributed by atoms with Crippen LogP contribution in [0.3, 0.4) is 0 Å². The Kier molecular flexibility index (Phi) is 4.18. The van der Waals surface area contributed by atoms with Crippen LogP contribution in [0, 0.1) is 6.92 Å². The SMILES string of the molecule is Cc1nc(-c2ccc(Cl)cc2)sc1C(=O)Nc1ccncc1. The van der Waals surface area contributed by atoms with Crippen molar-refractivity contribution in [2.75, 3.05) is 5.32 Å². The summed E-state index contributed by atoms with van der Waals surface area (Å²) < 4.78 is 0. The molecule has 0 aliphatic heterocycles. The molecule has 1 amide bonds. The van der Waals surface area contributed by atoms with Crippen LogP contribution in [0.5, 0.6) is 0 Å². The van der Waals surface area contributed by atoms with Crippen LogP contribution < -0.4 is 5.32 Å². The fourth-order valence-corrected chi connectivity index (χ4v) is 3.04. The Balaban J connectivity index is 1.86. The molecule has 22 heavy (non-hydrogen) atoms. The van der Waals surface area contributed by atoms with Crippen molar-refractivity contribution in [3.8, 4) is 10.6 Å². The van der Waals surface area contributed by atoms with E-state index < -0.39 is 0 Å². The normalized spacial score (nSPS) is 10.5. The number of halogens is 1. The Morgan fingerprint density at radius 2 is 1.82 bits per heavy atom. The van der Waals surface area contributed by atoms with E-state index in [0.29, 0.717) is 21.3 Å². The molecule has 4 nitrogen and oxygen atoms in total. The van der Waals surface area contributed by atoms with E-state index in [1.807, 2.05) is 31.2 Å². The lowest BCUT2D eigenvalue weighted by Crippen LogP contribution is -2.11. The molecule has 1 aromatic carbocycles. The number of amides is 1. The molecule has 0 aliphatic carbocycles. The summed E-state index contributed by atoms with van der Waals surface area (Å²) in [5.74, 6) is -0.165. The van der Waals surface area contributed by atoms with Gasteiger partial charge in [-0.05, 0) is 31.2 Å². The topological polar surface area (TPSA) is 54.9 Å². The lowest BCUT2D eigenvalue weighted by atomic mass is 10.2. The van der Waals surface area contributed by atoms with Crippen LogP contribution >= 0.6 is 22.9 Å². The molecule has 110 valence electrons. The molecule has 0 saturated carbocycles. The van der Waals surface area contributed by atoms with E-state index in [2.05, 4.69) is 15.3 Å². The van der Waals surface area contributed by atoms with E-state index in [1.54, 1.807) is 24.5 Å². The van der Waals surface area contributed by atoms with Crippen molar-refractivity contribution in [2.45, 2.75) is 6.92 Å². The Morgan fingerprint density at radius 3 is 2.50 bits per heavy atom. The quantitative estimate of drug-likeness (QED) is 0.774. The molecule has 2 heterocycles. The minimum Gasteiger partial charge on any atom is -0.321 e. The summed E-state index contributed by atoms with van der Waals surface area (Å²) in [5, 5.41) is 4.32. The molecule has 0 bridgehead atoms. The first kappa shape index (κ1) is 14.7. The molecule has 0 fully saturated rings. The van der Waals surface area contributed by atoms with Crippen molar-refractivity contribution in [3.63, 3.8) is 0 Å². The Labute approximate surface area is 136 Å². The van der Waals surface area contributed by atoms with E-state index in [0.717, 1.165) is 10.6 Å². The molecule has 0 radical (unpaired) electrons. The van der Waals surface area contributed by atoms with Crippen LogP contribution in [0.15, 0.2) is 48.8 Å². The van der Waals surface area contributed by atoms with Crippen LogP contribution in [-0.2, 0) is 0 Å². The Bertz CT molecular complexity index is 800. The molecule has 2 aromatic heterocycles. The summed E-state index contributed by atoms with van der Waals surface area (Å²) in [6, 6.07) is 10.9. The number of carbonyl (C=O) groups excluding carboxylic acids is 1. The first-order chi connectivity index (χ1) is 10.6. The van der Waals surface area contributed by atoms with Gasteiger partial charge in [0.25, 0.3) is 5.91 Å². The maximum absolute atomic E-state index is 12.4. The average Bonchev–Trinajstić information content (AvgIpc) is 2.91. The van der Waals surface area contributed by atoms with Gasteiger partial charge in [0, 0.05) is 28.7 Å². The number of anilines is 1. The third-order valence-corrected chi connectivity index (χ3v) is 4.49. The second-order valence-electron chi connectivity index (χ2n) is 4.63. The summed E-state index contributed by atoms with van der Waals surface area (Å²) in [4.78, 5) is 21.3.